The molecule has 0 unspecified atom stereocenters. The third kappa shape index (κ3) is 4.31. The van der Waals surface area contributed by atoms with E-state index in [9.17, 15) is 9.90 Å². The fourth-order valence-electron chi connectivity index (χ4n) is 2.03. The molecule has 6 heteroatoms. The molecule has 0 radical (unpaired) electrons. The SMILES string of the molecule is COc1cc(/C=N\NC(=O)[C@H](OC)c2ccccc2)ccc1O. The Hall–Kier alpha value is -2.86. The zero-order valence-electron chi connectivity index (χ0n) is 12.9. The highest BCUT2D eigenvalue weighted by atomic mass is 16.5. The molecule has 1 amide bonds. The maximum Gasteiger partial charge on any atom is 0.273 e. The second-order valence-corrected chi connectivity index (χ2v) is 4.69. The molecule has 0 aliphatic heterocycles. The molecular formula is C17H18N2O4. The van der Waals surface area contributed by atoms with Crippen molar-refractivity contribution in [2.75, 3.05) is 14.2 Å². The third-order valence-corrected chi connectivity index (χ3v) is 3.17. The van der Waals surface area contributed by atoms with Crippen LogP contribution in [0.2, 0.25) is 0 Å². The number of phenolic OH excluding ortho intramolecular Hbond substituents is 1. The van der Waals surface area contributed by atoms with E-state index < -0.39 is 6.10 Å². The largest absolute Gasteiger partial charge is 0.504 e. The molecule has 0 aliphatic carbocycles. The molecule has 6 nitrogen and oxygen atoms in total. The van der Waals surface area contributed by atoms with Crippen molar-refractivity contribution in [2.45, 2.75) is 6.10 Å². The Morgan fingerprint density at radius 1 is 1.22 bits per heavy atom. The number of carbonyl (C=O) groups excluding carboxylic acids is 1. The zero-order valence-corrected chi connectivity index (χ0v) is 12.9. The number of carbonyl (C=O) groups is 1. The monoisotopic (exact) mass is 314 g/mol. The molecule has 0 aromatic heterocycles. The molecular weight excluding hydrogens is 296 g/mol. The van der Waals surface area contributed by atoms with Crippen molar-refractivity contribution in [3.05, 3.63) is 59.7 Å². The number of nitrogens with one attached hydrogen (secondary N) is 1. The van der Waals surface area contributed by atoms with E-state index in [-0.39, 0.29) is 11.7 Å². The number of phenols is 1. The lowest BCUT2D eigenvalue weighted by Crippen LogP contribution is -2.26. The van der Waals surface area contributed by atoms with Crippen LogP contribution in [0.1, 0.15) is 17.2 Å². The Morgan fingerprint density at radius 3 is 2.61 bits per heavy atom. The van der Waals surface area contributed by atoms with Gasteiger partial charge in [-0.25, -0.2) is 5.43 Å². The van der Waals surface area contributed by atoms with Crippen molar-refractivity contribution in [1.29, 1.82) is 0 Å². The van der Waals surface area contributed by atoms with Crippen LogP contribution in [0.15, 0.2) is 53.6 Å². The molecule has 1 atom stereocenters. The Bertz CT molecular complexity index is 686. The van der Waals surface area contributed by atoms with Crippen LogP contribution in [0.25, 0.3) is 0 Å². The van der Waals surface area contributed by atoms with Gasteiger partial charge in [0.2, 0.25) is 0 Å². The minimum absolute atomic E-state index is 0.0391. The minimum atomic E-state index is -0.734. The number of methoxy groups -OCH3 is 2. The minimum Gasteiger partial charge on any atom is -0.504 e. The highest BCUT2D eigenvalue weighted by molar-refractivity contribution is 5.85. The molecule has 0 aliphatic rings. The van der Waals surface area contributed by atoms with E-state index in [1.54, 1.807) is 12.1 Å². The van der Waals surface area contributed by atoms with Crippen LogP contribution in [-0.4, -0.2) is 31.4 Å². The topological polar surface area (TPSA) is 80.2 Å². The van der Waals surface area contributed by atoms with Gasteiger partial charge in [0.15, 0.2) is 17.6 Å². The average Bonchev–Trinajstić information content (AvgIpc) is 2.58. The molecule has 120 valence electrons. The highest BCUT2D eigenvalue weighted by Gasteiger charge is 2.19. The number of hydrazone groups is 1. The number of aromatic hydroxyl groups is 1. The summed E-state index contributed by atoms with van der Waals surface area (Å²) in [6, 6.07) is 13.9. The van der Waals surface area contributed by atoms with Crippen molar-refractivity contribution >= 4 is 12.1 Å². The highest BCUT2D eigenvalue weighted by Crippen LogP contribution is 2.25. The summed E-state index contributed by atoms with van der Waals surface area (Å²) in [4.78, 5) is 12.1. The van der Waals surface area contributed by atoms with Gasteiger partial charge in [0.25, 0.3) is 5.91 Å². The van der Waals surface area contributed by atoms with E-state index in [2.05, 4.69) is 10.5 Å². The first kappa shape index (κ1) is 16.5. The predicted molar refractivity (Wildman–Crippen MR) is 86.6 cm³/mol. The lowest BCUT2D eigenvalue weighted by atomic mass is 10.1. The number of amides is 1. The maximum absolute atomic E-state index is 12.1. The van der Waals surface area contributed by atoms with Gasteiger partial charge in [-0.3, -0.25) is 4.79 Å². The number of benzene rings is 2. The van der Waals surface area contributed by atoms with Crippen molar-refractivity contribution in [2.24, 2.45) is 5.10 Å². The number of hydrogen-bond acceptors (Lipinski definition) is 5. The molecule has 23 heavy (non-hydrogen) atoms. The van der Waals surface area contributed by atoms with Gasteiger partial charge < -0.3 is 14.6 Å². The van der Waals surface area contributed by atoms with Gasteiger partial charge in [-0.05, 0) is 29.3 Å². The van der Waals surface area contributed by atoms with E-state index >= 15 is 0 Å². The van der Waals surface area contributed by atoms with Crippen LogP contribution in [0.5, 0.6) is 11.5 Å². The first-order chi connectivity index (χ1) is 11.2. The maximum atomic E-state index is 12.1. The van der Waals surface area contributed by atoms with Gasteiger partial charge in [-0.2, -0.15) is 5.10 Å². The molecule has 2 aromatic rings. The Morgan fingerprint density at radius 2 is 1.96 bits per heavy atom. The number of rotatable bonds is 6. The predicted octanol–water partition coefficient (Wildman–Crippen LogP) is 2.24. The molecule has 0 saturated carbocycles. The van der Waals surface area contributed by atoms with Crippen molar-refractivity contribution < 1.29 is 19.4 Å². The number of ether oxygens (including phenoxy) is 2. The van der Waals surface area contributed by atoms with Gasteiger partial charge in [-0.15, -0.1) is 0 Å². The molecule has 0 heterocycles. The summed E-state index contributed by atoms with van der Waals surface area (Å²) < 4.78 is 10.2. The normalized spacial score (nSPS) is 12.1. The molecule has 2 N–H and O–H groups in total. The van der Waals surface area contributed by atoms with Gasteiger partial charge >= 0.3 is 0 Å². The van der Waals surface area contributed by atoms with E-state index in [0.29, 0.717) is 11.3 Å². The lowest BCUT2D eigenvalue weighted by molar-refractivity contribution is -0.131. The van der Waals surface area contributed by atoms with Crippen LogP contribution < -0.4 is 10.2 Å². The summed E-state index contributed by atoms with van der Waals surface area (Å²) in [6.07, 6.45) is 0.722. The quantitative estimate of drug-likeness (QED) is 0.633. The Labute approximate surface area is 134 Å². The second-order valence-electron chi connectivity index (χ2n) is 4.69. The van der Waals surface area contributed by atoms with Crippen molar-refractivity contribution in [1.82, 2.24) is 5.43 Å². The second kappa shape index (κ2) is 7.95. The molecule has 2 rings (SSSR count). The summed E-state index contributed by atoms with van der Waals surface area (Å²) in [5.74, 6) is -0.00256. The van der Waals surface area contributed by atoms with Gasteiger partial charge in [-0.1, -0.05) is 30.3 Å². The van der Waals surface area contributed by atoms with Gasteiger partial charge in [0.05, 0.1) is 13.3 Å². The summed E-state index contributed by atoms with van der Waals surface area (Å²) in [6.45, 7) is 0. The first-order valence-electron chi connectivity index (χ1n) is 6.93. The van der Waals surface area contributed by atoms with Crippen LogP contribution in [-0.2, 0) is 9.53 Å². The van der Waals surface area contributed by atoms with Gasteiger partial charge in [0, 0.05) is 7.11 Å². The molecule has 0 spiro atoms. The van der Waals surface area contributed by atoms with Crippen LogP contribution >= 0.6 is 0 Å². The summed E-state index contributed by atoms with van der Waals surface area (Å²) in [5, 5.41) is 13.4. The standard InChI is InChI=1S/C17H18N2O4/c1-22-15-10-12(8-9-14(15)20)11-18-19-17(21)16(23-2)13-6-4-3-5-7-13/h3-11,16,20H,1-2H3,(H,19,21)/b18-11-/t16-/m1/s1. The zero-order chi connectivity index (χ0) is 16.7. The van der Waals surface area contributed by atoms with Gasteiger partial charge in [0.1, 0.15) is 0 Å². The van der Waals surface area contributed by atoms with E-state index in [4.69, 9.17) is 9.47 Å². The lowest BCUT2D eigenvalue weighted by Gasteiger charge is -2.13. The number of hydrogen-bond donors (Lipinski definition) is 2. The first-order valence-corrected chi connectivity index (χ1v) is 6.93. The third-order valence-electron chi connectivity index (χ3n) is 3.17. The van der Waals surface area contributed by atoms with E-state index in [0.717, 1.165) is 5.56 Å². The van der Waals surface area contributed by atoms with Crippen LogP contribution in [0, 0.1) is 0 Å². The number of nitrogens with zero attached hydrogens (tertiary/aromatic N) is 1. The van der Waals surface area contributed by atoms with E-state index in [1.165, 1.54) is 26.5 Å². The van der Waals surface area contributed by atoms with Crippen LogP contribution in [0.3, 0.4) is 0 Å². The molecule has 0 saturated heterocycles. The smallest absolute Gasteiger partial charge is 0.273 e. The fraction of sp³-hybridized carbons (Fsp3) is 0.176. The van der Waals surface area contributed by atoms with Crippen LogP contribution in [0.4, 0.5) is 0 Å². The summed E-state index contributed by atoms with van der Waals surface area (Å²) in [5.41, 5.74) is 3.85. The van der Waals surface area contributed by atoms with Crippen molar-refractivity contribution in [3.63, 3.8) is 0 Å². The average molecular weight is 314 g/mol. The fourth-order valence-corrected chi connectivity index (χ4v) is 2.03. The Balaban J connectivity index is 2.03. The van der Waals surface area contributed by atoms with E-state index in [1.807, 2.05) is 30.3 Å². The molecule has 0 fully saturated rings. The van der Waals surface area contributed by atoms with Crippen molar-refractivity contribution in [3.8, 4) is 11.5 Å². The summed E-state index contributed by atoms with van der Waals surface area (Å²) in [7, 11) is 2.92. The summed E-state index contributed by atoms with van der Waals surface area (Å²) >= 11 is 0. The molecule has 2 aromatic carbocycles. The Kier molecular flexibility index (Phi) is 5.71. The molecule has 0 bridgehead atoms.